The van der Waals surface area contributed by atoms with Gasteiger partial charge in [-0.05, 0) is 28.4 Å². The van der Waals surface area contributed by atoms with Gasteiger partial charge >= 0.3 is 0 Å². The van der Waals surface area contributed by atoms with Gasteiger partial charge in [0.15, 0.2) is 5.65 Å². The number of rotatable bonds is 1. The van der Waals surface area contributed by atoms with E-state index in [-0.39, 0.29) is 0 Å². The summed E-state index contributed by atoms with van der Waals surface area (Å²) in [7, 11) is 0. The quantitative estimate of drug-likeness (QED) is 0.686. The van der Waals surface area contributed by atoms with Crippen LogP contribution in [0.3, 0.4) is 0 Å². The zero-order chi connectivity index (χ0) is 11.8. The predicted molar refractivity (Wildman–Crippen MR) is 70.9 cm³/mol. The molecule has 3 nitrogen and oxygen atoms in total. The van der Waals surface area contributed by atoms with Crippen molar-refractivity contribution in [3.8, 4) is 11.1 Å². The van der Waals surface area contributed by atoms with E-state index in [0.717, 1.165) is 21.2 Å². The Bertz CT molecular complexity index is 688. The zero-order valence-electron chi connectivity index (χ0n) is 9.26. The van der Waals surface area contributed by atoms with Crippen LogP contribution in [0.15, 0.2) is 47.3 Å². The third-order valence-corrected chi connectivity index (χ3v) is 3.22. The molecule has 0 spiro atoms. The van der Waals surface area contributed by atoms with Crippen LogP contribution in [0.1, 0.15) is 5.56 Å². The third-order valence-electron chi connectivity index (χ3n) is 2.66. The van der Waals surface area contributed by atoms with E-state index in [1.54, 1.807) is 10.7 Å². The molecule has 0 amide bonds. The Hall–Kier alpha value is -1.68. The minimum absolute atomic E-state index is 0.835. The van der Waals surface area contributed by atoms with E-state index in [1.807, 2.05) is 18.5 Å². The summed E-state index contributed by atoms with van der Waals surface area (Å²) in [5, 5.41) is 4.23. The summed E-state index contributed by atoms with van der Waals surface area (Å²) in [5.41, 5.74) is 4.30. The second-order valence-electron chi connectivity index (χ2n) is 3.97. The standard InChI is InChI=1S/C13H10BrN3/c1-9-3-2-4-10(5-9)11-6-15-13-12(14)7-16-17(13)8-11/h2-8H,1H3. The molecule has 4 heteroatoms. The van der Waals surface area contributed by atoms with Crippen molar-refractivity contribution < 1.29 is 0 Å². The van der Waals surface area contributed by atoms with Gasteiger partial charge in [-0.1, -0.05) is 29.8 Å². The largest absolute Gasteiger partial charge is 0.235 e. The van der Waals surface area contributed by atoms with Gasteiger partial charge in [0.25, 0.3) is 0 Å². The maximum atomic E-state index is 4.40. The fourth-order valence-electron chi connectivity index (χ4n) is 1.82. The molecule has 0 saturated heterocycles. The van der Waals surface area contributed by atoms with Crippen LogP contribution in [0.25, 0.3) is 16.8 Å². The first kappa shape index (κ1) is 10.5. The fourth-order valence-corrected chi connectivity index (χ4v) is 2.20. The van der Waals surface area contributed by atoms with Crippen molar-refractivity contribution >= 4 is 21.6 Å². The molecule has 0 saturated carbocycles. The Labute approximate surface area is 107 Å². The van der Waals surface area contributed by atoms with Crippen molar-refractivity contribution in [3.05, 3.63) is 52.9 Å². The summed E-state index contributed by atoms with van der Waals surface area (Å²) in [5.74, 6) is 0. The number of benzene rings is 1. The van der Waals surface area contributed by atoms with Crippen molar-refractivity contribution in [2.24, 2.45) is 0 Å². The van der Waals surface area contributed by atoms with Crippen LogP contribution in [0.2, 0.25) is 0 Å². The summed E-state index contributed by atoms with van der Waals surface area (Å²) in [6, 6.07) is 8.35. The lowest BCUT2D eigenvalue weighted by atomic mass is 10.1. The van der Waals surface area contributed by atoms with Gasteiger partial charge in [-0.3, -0.25) is 0 Å². The number of hydrogen-bond donors (Lipinski definition) is 0. The topological polar surface area (TPSA) is 30.2 Å². The molecule has 3 rings (SSSR count). The Morgan fingerprint density at radius 3 is 2.88 bits per heavy atom. The van der Waals surface area contributed by atoms with Gasteiger partial charge in [0, 0.05) is 18.0 Å². The van der Waals surface area contributed by atoms with Crippen LogP contribution in [-0.4, -0.2) is 14.6 Å². The van der Waals surface area contributed by atoms with Crippen LogP contribution in [0.5, 0.6) is 0 Å². The van der Waals surface area contributed by atoms with Crippen molar-refractivity contribution in [3.63, 3.8) is 0 Å². The Morgan fingerprint density at radius 1 is 1.18 bits per heavy atom. The third kappa shape index (κ3) is 1.85. The van der Waals surface area contributed by atoms with Crippen molar-refractivity contribution in [2.45, 2.75) is 6.92 Å². The molecule has 0 radical (unpaired) electrons. The van der Waals surface area contributed by atoms with Gasteiger partial charge in [0.1, 0.15) is 0 Å². The van der Waals surface area contributed by atoms with Gasteiger partial charge in [0.2, 0.25) is 0 Å². The SMILES string of the molecule is Cc1cccc(-c2cnc3c(Br)cnn3c2)c1. The lowest BCUT2D eigenvalue weighted by Crippen LogP contribution is -1.91. The number of aryl methyl sites for hydroxylation is 1. The highest BCUT2D eigenvalue weighted by molar-refractivity contribution is 9.10. The van der Waals surface area contributed by atoms with Crippen LogP contribution in [0.4, 0.5) is 0 Å². The zero-order valence-corrected chi connectivity index (χ0v) is 10.8. The first-order valence-electron chi connectivity index (χ1n) is 5.30. The van der Waals surface area contributed by atoms with E-state index in [9.17, 15) is 0 Å². The molecule has 2 aromatic heterocycles. The summed E-state index contributed by atoms with van der Waals surface area (Å²) < 4.78 is 2.69. The second-order valence-corrected chi connectivity index (χ2v) is 4.83. The van der Waals surface area contributed by atoms with E-state index in [2.05, 4.69) is 51.1 Å². The molecule has 17 heavy (non-hydrogen) atoms. The van der Waals surface area contributed by atoms with E-state index in [0.29, 0.717) is 0 Å². The number of aromatic nitrogens is 3. The van der Waals surface area contributed by atoms with Gasteiger partial charge in [-0.15, -0.1) is 0 Å². The first-order valence-corrected chi connectivity index (χ1v) is 6.09. The average Bonchev–Trinajstić information content (AvgIpc) is 2.71. The van der Waals surface area contributed by atoms with Crippen molar-refractivity contribution in [1.82, 2.24) is 14.6 Å². The molecule has 0 aliphatic carbocycles. The Morgan fingerprint density at radius 2 is 2.06 bits per heavy atom. The molecule has 2 heterocycles. The fraction of sp³-hybridized carbons (Fsp3) is 0.0769. The summed E-state index contributed by atoms with van der Waals surface area (Å²) in [6.07, 6.45) is 5.61. The highest BCUT2D eigenvalue weighted by Gasteiger charge is 2.04. The molecule has 0 aliphatic rings. The number of nitrogens with zero attached hydrogens (tertiary/aromatic N) is 3. The van der Waals surface area contributed by atoms with Crippen molar-refractivity contribution in [2.75, 3.05) is 0 Å². The van der Waals surface area contributed by atoms with E-state index < -0.39 is 0 Å². The molecule has 3 aromatic rings. The molecule has 0 unspecified atom stereocenters. The smallest absolute Gasteiger partial charge is 0.169 e. The highest BCUT2D eigenvalue weighted by Crippen LogP contribution is 2.22. The number of halogens is 1. The van der Waals surface area contributed by atoms with E-state index in [1.165, 1.54) is 5.56 Å². The lowest BCUT2D eigenvalue weighted by molar-refractivity contribution is 0.941. The van der Waals surface area contributed by atoms with Gasteiger partial charge in [0.05, 0.1) is 10.7 Å². The van der Waals surface area contributed by atoms with Crippen LogP contribution >= 0.6 is 15.9 Å². The number of hydrogen-bond acceptors (Lipinski definition) is 2. The molecule has 84 valence electrons. The molecule has 0 atom stereocenters. The highest BCUT2D eigenvalue weighted by atomic mass is 79.9. The molecular formula is C13H10BrN3. The molecule has 0 bridgehead atoms. The molecular weight excluding hydrogens is 278 g/mol. The summed E-state index contributed by atoms with van der Waals surface area (Å²) in [4.78, 5) is 4.40. The normalized spacial score (nSPS) is 10.9. The summed E-state index contributed by atoms with van der Waals surface area (Å²) >= 11 is 3.41. The predicted octanol–water partition coefficient (Wildman–Crippen LogP) is 3.47. The van der Waals surface area contributed by atoms with Crippen LogP contribution in [0, 0.1) is 6.92 Å². The Kier molecular flexibility index (Phi) is 2.44. The number of fused-ring (bicyclic) bond motifs is 1. The second kappa shape index (κ2) is 3.96. The molecule has 0 fully saturated rings. The molecule has 1 aromatic carbocycles. The van der Waals surface area contributed by atoms with Gasteiger partial charge < -0.3 is 0 Å². The molecule has 0 aliphatic heterocycles. The van der Waals surface area contributed by atoms with E-state index in [4.69, 9.17) is 0 Å². The maximum Gasteiger partial charge on any atom is 0.169 e. The lowest BCUT2D eigenvalue weighted by Gasteiger charge is -2.03. The molecule has 0 N–H and O–H groups in total. The average molecular weight is 288 g/mol. The maximum absolute atomic E-state index is 4.40. The van der Waals surface area contributed by atoms with Crippen LogP contribution < -0.4 is 0 Å². The monoisotopic (exact) mass is 287 g/mol. The first-order chi connectivity index (χ1) is 8.24. The summed E-state index contributed by atoms with van der Waals surface area (Å²) in [6.45, 7) is 2.08. The Balaban J connectivity index is 2.18. The van der Waals surface area contributed by atoms with Gasteiger partial charge in [-0.2, -0.15) is 5.10 Å². The van der Waals surface area contributed by atoms with Crippen LogP contribution in [-0.2, 0) is 0 Å². The van der Waals surface area contributed by atoms with Gasteiger partial charge in [-0.25, -0.2) is 9.50 Å². The minimum atomic E-state index is 0.835. The minimum Gasteiger partial charge on any atom is -0.235 e. The van der Waals surface area contributed by atoms with E-state index >= 15 is 0 Å². The van der Waals surface area contributed by atoms with Crippen molar-refractivity contribution in [1.29, 1.82) is 0 Å².